The Labute approximate surface area is 185 Å². The second-order valence-electron chi connectivity index (χ2n) is 6.65. The van der Waals surface area contributed by atoms with E-state index in [1.165, 1.54) is 17.5 Å². The zero-order valence-corrected chi connectivity index (χ0v) is 19.0. The van der Waals surface area contributed by atoms with Crippen LogP contribution in [0.25, 0.3) is 0 Å². The molecule has 2 aromatic carbocycles. The maximum Gasteiger partial charge on any atom is 0.270 e. The number of ether oxygens (including phenoxy) is 2. The van der Waals surface area contributed by atoms with Crippen LogP contribution >= 0.6 is 11.3 Å². The average Bonchev–Trinajstić information content (AvgIpc) is 3.21. The molecule has 0 aliphatic carbocycles. The molecular formula is C21H23N3O5S2. The van der Waals surface area contributed by atoms with Gasteiger partial charge in [-0.1, -0.05) is 23.8 Å². The number of rotatable bonds is 9. The molecule has 3 aromatic rings. The smallest absolute Gasteiger partial charge is 0.270 e. The predicted octanol–water partition coefficient (Wildman–Crippen LogP) is 3.24. The second-order valence-corrected chi connectivity index (χ2v) is 9.19. The van der Waals surface area contributed by atoms with Crippen molar-refractivity contribution < 1.29 is 22.7 Å². The van der Waals surface area contributed by atoms with Gasteiger partial charge < -0.3 is 14.8 Å². The van der Waals surface area contributed by atoms with E-state index >= 15 is 0 Å². The minimum absolute atomic E-state index is 0.130. The monoisotopic (exact) mass is 461 g/mol. The molecule has 31 heavy (non-hydrogen) atoms. The van der Waals surface area contributed by atoms with Crippen LogP contribution in [0.2, 0.25) is 0 Å². The summed E-state index contributed by atoms with van der Waals surface area (Å²) >= 11 is 1.05. The third-order valence-electron chi connectivity index (χ3n) is 4.44. The van der Waals surface area contributed by atoms with Gasteiger partial charge in [0.1, 0.15) is 5.69 Å². The first kappa shape index (κ1) is 22.6. The molecule has 0 saturated carbocycles. The summed E-state index contributed by atoms with van der Waals surface area (Å²) in [6.07, 6.45) is 0.586. The van der Waals surface area contributed by atoms with Crippen molar-refractivity contribution in [2.45, 2.75) is 18.2 Å². The van der Waals surface area contributed by atoms with Crippen molar-refractivity contribution in [2.75, 3.05) is 25.5 Å². The summed E-state index contributed by atoms with van der Waals surface area (Å²) in [5, 5.41) is 4.43. The van der Waals surface area contributed by atoms with Gasteiger partial charge in [-0.3, -0.25) is 9.52 Å². The first-order valence-corrected chi connectivity index (χ1v) is 11.7. The maximum absolute atomic E-state index is 12.5. The van der Waals surface area contributed by atoms with Gasteiger partial charge in [0, 0.05) is 11.9 Å². The number of carbonyl (C=O) groups is 1. The Hall–Kier alpha value is -3.11. The van der Waals surface area contributed by atoms with Crippen molar-refractivity contribution in [3.63, 3.8) is 0 Å². The number of aromatic nitrogens is 1. The molecule has 3 rings (SSSR count). The molecule has 2 N–H and O–H groups in total. The average molecular weight is 462 g/mol. The number of hydrogen-bond acceptors (Lipinski definition) is 7. The number of thiazole rings is 1. The summed E-state index contributed by atoms with van der Waals surface area (Å²) < 4.78 is 37.8. The lowest BCUT2D eigenvalue weighted by atomic mass is 10.1. The molecule has 0 atom stereocenters. The summed E-state index contributed by atoms with van der Waals surface area (Å²) in [6, 6.07) is 12.0. The molecule has 0 unspecified atom stereocenters. The fourth-order valence-electron chi connectivity index (χ4n) is 2.76. The van der Waals surface area contributed by atoms with Crippen LogP contribution in [-0.4, -0.2) is 40.1 Å². The summed E-state index contributed by atoms with van der Waals surface area (Å²) in [5.74, 6) is 0.882. The molecule has 0 aliphatic heterocycles. The number of methoxy groups -OCH3 is 2. The van der Waals surface area contributed by atoms with Gasteiger partial charge >= 0.3 is 0 Å². The van der Waals surface area contributed by atoms with E-state index in [-0.39, 0.29) is 21.6 Å². The van der Waals surface area contributed by atoms with Crippen molar-refractivity contribution in [1.29, 1.82) is 0 Å². The van der Waals surface area contributed by atoms with Crippen molar-refractivity contribution in [1.82, 2.24) is 10.3 Å². The van der Waals surface area contributed by atoms with Crippen LogP contribution < -0.4 is 19.5 Å². The minimum Gasteiger partial charge on any atom is -0.493 e. The Kier molecular flexibility index (Phi) is 7.13. The highest BCUT2D eigenvalue weighted by Gasteiger charge is 2.18. The van der Waals surface area contributed by atoms with E-state index < -0.39 is 10.0 Å². The largest absolute Gasteiger partial charge is 0.493 e. The lowest BCUT2D eigenvalue weighted by Crippen LogP contribution is -2.26. The lowest BCUT2D eigenvalue weighted by molar-refractivity contribution is 0.0950. The highest BCUT2D eigenvalue weighted by Crippen LogP contribution is 2.27. The molecule has 0 radical (unpaired) electrons. The first-order chi connectivity index (χ1) is 14.8. The number of nitrogens with one attached hydrogen (secondary N) is 2. The Morgan fingerprint density at radius 2 is 1.77 bits per heavy atom. The molecule has 8 nitrogen and oxygen atoms in total. The van der Waals surface area contributed by atoms with E-state index in [2.05, 4.69) is 15.0 Å². The molecule has 1 amide bonds. The molecule has 0 saturated heterocycles. The van der Waals surface area contributed by atoms with Crippen LogP contribution in [-0.2, 0) is 16.4 Å². The molecule has 0 spiro atoms. The van der Waals surface area contributed by atoms with E-state index in [4.69, 9.17) is 9.47 Å². The van der Waals surface area contributed by atoms with E-state index in [1.54, 1.807) is 26.4 Å². The van der Waals surface area contributed by atoms with Crippen molar-refractivity contribution >= 4 is 32.4 Å². The number of sulfonamides is 1. The molecule has 164 valence electrons. The Bertz CT molecular complexity index is 1160. The Morgan fingerprint density at radius 3 is 2.45 bits per heavy atom. The van der Waals surface area contributed by atoms with Crippen LogP contribution in [0.3, 0.4) is 0 Å². The number of amides is 1. The van der Waals surface area contributed by atoms with Gasteiger partial charge in [0.2, 0.25) is 0 Å². The van der Waals surface area contributed by atoms with Gasteiger partial charge in [-0.25, -0.2) is 13.4 Å². The maximum atomic E-state index is 12.5. The molecule has 1 heterocycles. The minimum atomic E-state index is -3.76. The van der Waals surface area contributed by atoms with Gasteiger partial charge in [0.15, 0.2) is 16.6 Å². The van der Waals surface area contributed by atoms with Crippen LogP contribution in [0.1, 0.15) is 21.6 Å². The van der Waals surface area contributed by atoms with Gasteiger partial charge in [-0.2, -0.15) is 0 Å². The van der Waals surface area contributed by atoms with Crippen LogP contribution in [0.15, 0.2) is 52.7 Å². The van der Waals surface area contributed by atoms with Crippen molar-refractivity contribution in [2.24, 2.45) is 0 Å². The van der Waals surface area contributed by atoms with Gasteiger partial charge in [0.05, 0.1) is 19.1 Å². The molecule has 0 aliphatic rings. The SMILES string of the molecule is COc1ccc(CCNC(=O)c2csc(NS(=O)(=O)c3ccc(C)cc3)n2)cc1OC. The summed E-state index contributed by atoms with van der Waals surface area (Å²) in [4.78, 5) is 16.6. The Morgan fingerprint density at radius 1 is 1.06 bits per heavy atom. The quantitative estimate of drug-likeness (QED) is 0.507. The molecule has 1 aromatic heterocycles. The zero-order valence-electron chi connectivity index (χ0n) is 17.3. The Balaban J connectivity index is 1.57. The van der Waals surface area contributed by atoms with Gasteiger partial charge in [0.25, 0.3) is 15.9 Å². The number of benzene rings is 2. The summed E-state index contributed by atoms with van der Waals surface area (Å²) in [7, 11) is -0.628. The summed E-state index contributed by atoms with van der Waals surface area (Å²) in [6.45, 7) is 2.26. The molecular weight excluding hydrogens is 438 g/mol. The van der Waals surface area contributed by atoms with Crippen molar-refractivity contribution in [3.8, 4) is 11.5 Å². The van der Waals surface area contributed by atoms with Crippen LogP contribution in [0.5, 0.6) is 11.5 Å². The fraction of sp³-hybridized carbons (Fsp3) is 0.238. The number of nitrogens with zero attached hydrogens (tertiary/aromatic N) is 1. The number of aryl methyl sites for hydroxylation is 1. The van der Waals surface area contributed by atoms with Gasteiger partial charge in [-0.15, -0.1) is 11.3 Å². The van der Waals surface area contributed by atoms with E-state index in [0.717, 1.165) is 22.5 Å². The zero-order chi connectivity index (χ0) is 22.4. The molecule has 0 fully saturated rings. The second kappa shape index (κ2) is 9.80. The highest BCUT2D eigenvalue weighted by molar-refractivity contribution is 7.93. The fourth-order valence-corrected chi connectivity index (χ4v) is 4.71. The van der Waals surface area contributed by atoms with Crippen LogP contribution in [0, 0.1) is 6.92 Å². The summed E-state index contributed by atoms with van der Waals surface area (Å²) in [5.41, 5.74) is 2.09. The topological polar surface area (TPSA) is 107 Å². The predicted molar refractivity (Wildman–Crippen MR) is 120 cm³/mol. The van der Waals surface area contributed by atoms with E-state index in [0.29, 0.717) is 24.5 Å². The standard InChI is InChI=1S/C21H23N3O5S2/c1-14-4-7-16(8-5-14)31(26,27)24-21-23-17(13-30-21)20(25)22-11-10-15-6-9-18(28-2)19(12-15)29-3/h4-9,12-13H,10-11H2,1-3H3,(H,22,25)(H,23,24). The third-order valence-corrected chi connectivity index (χ3v) is 6.68. The number of hydrogen-bond donors (Lipinski definition) is 2. The van der Waals surface area contributed by atoms with Gasteiger partial charge in [-0.05, 0) is 43.2 Å². The lowest BCUT2D eigenvalue weighted by Gasteiger charge is -2.09. The number of anilines is 1. The van der Waals surface area contributed by atoms with E-state index in [1.807, 2.05) is 25.1 Å². The molecule has 0 bridgehead atoms. The molecule has 10 heteroatoms. The van der Waals surface area contributed by atoms with Crippen molar-refractivity contribution in [3.05, 3.63) is 64.7 Å². The van der Waals surface area contributed by atoms with Crippen LogP contribution in [0.4, 0.5) is 5.13 Å². The number of carbonyl (C=O) groups excluding carboxylic acids is 1. The normalized spacial score (nSPS) is 11.1. The third kappa shape index (κ3) is 5.74. The first-order valence-electron chi connectivity index (χ1n) is 9.36. The van der Waals surface area contributed by atoms with E-state index in [9.17, 15) is 13.2 Å². The highest BCUT2D eigenvalue weighted by atomic mass is 32.2.